The third-order valence-electron chi connectivity index (χ3n) is 5.41. The molecule has 0 spiro atoms. The zero-order valence-electron chi connectivity index (χ0n) is 19.4. The molecule has 36 heavy (non-hydrogen) atoms. The van der Waals surface area contributed by atoms with Gasteiger partial charge in [-0.25, -0.2) is 13.6 Å². The van der Waals surface area contributed by atoms with Gasteiger partial charge in [0, 0.05) is 12.1 Å². The fraction of sp³-hybridized carbons (Fsp3) is 0.111. The van der Waals surface area contributed by atoms with Crippen molar-refractivity contribution in [3.05, 3.63) is 95.1 Å². The summed E-state index contributed by atoms with van der Waals surface area (Å²) < 4.78 is 46.2. The SMILES string of the molecule is COc1cccc(C(=O)O)c1Oc1nc(Oc2cccc(-c3cccc(CN)c3)c2)c(F)c(C)c1F. The van der Waals surface area contributed by atoms with Gasteiger partial charge in [-0.2, -0.15) is 4.98 Å². The van der Waals surface area contributed by atoms with Crippen molar-refractivity contribution >= 4 is 5.97 Å². The largest absolute Gasteiger partial charge is 0.493 e. The van der Waals surface area contributed by atoms with Gasteiger partial charge < -0.3 is 25.1 Å². The number of carbonyl (C=O) groups is 1. The normalized spacial score (nSPS) is 10.7. The Morgan fingerprint density at radius 2 is 1.58 bits per heavy atom. The summed E-state index contributed by atoms with van der Waals surface area (Å²) in [7, 11) is 1.30. The highest BCUT2D eigenvalue weighted by molar-refractivity contribution is 5.92. The average Bonchev–Trinajstić information content (AvgIpc) is 2.90. The fourth-order valence-electron chi connectivity index (χ4n) is 3.52. The first-order valence-corrected chi connectivity index (χ1v) is 10.8. The van der Waals surface area contributed by atoms with Crippen LogP contribution in [0.15, 0.2) is 66.7 Å². The maximum Gasteiger partial charge on any atom is 0.339 e. The lowest BCUT2D eigenvalue weighted by Gasteiger charge is -2.15. The molecule has 4 aromatic rings. The van der Waals surface area contributed by atoms with Gasteiger partial charge in [0.25, 0.3) is 11.8 Å². The molecule has 1 aromatic heterocycles. The van der Waals surface area contributed by atoms with Crippen molar-refractivity contribution in [1.82, 2.24) is 4.98 Å². The molecule has 7 nitrogen and oxygen atoms in total. The van der Waals surface area contributed by atoms with Crippen LogP contribution in [0.5, 0.6) is 29.0 Å². The first-order chi connectivity index (χ1) is 17.3. The predicted molar refractivity (Wildman–Crippen MR) is 129 cm³/mol. The molecule has 0 fully saturated rings. The number of aromatic carboxylic acids is 1. The van der Waals surface area contributed by atoms with Crippen LogP contribution in [0.4, 0.5) is 8.78 Å². The Morgan fingerprint density at radius 1 is 0.944 bits per heavy atom. The minimum atomic E-state index is -1.32. The van der Waals surface area contributed by atoms with Crippen molar-refractivity contribution in [2.75, 3.05) is 7.11 Å². The van der Waals surface area contributed by atoms with Crippen molar-refractivity contribution in [3.8, 4) is 40.1 Å². The molecule has 9 heteroatoms. The van der Waals surface area contributed by atoms with Crippen LogP contribution in [0, 0.1) is 18.6 Å². The summed E-state index contributed by atoms with van der Waals surface area (Å²) in [5.41, 5.74) is 7.65. The third kappa shape index (κ3) is 4.96. The molecule has 0 saturated heterocycles. The number of hydrogen-bond acceptors (Lipinski definition) is 6. The second-order valence-electron chi connectivity index (χ2n) is 7.75. The quantitative estimate of drug-likeness (QED) is 0.307. The number of benzene rings is 3. The monoisotopic (exact) mass is 492 g/mol. The van der Waals surface area contributed by atoms with Crippen LogP contribution in [-0.4, -0.2) is 23.2 Å². The summed E-state index contributed by atoms with van der Waals surface area (Å²) >= 11 is 0. The van der Waals surface area contributed by atoms with E-state index >= 15 is 0 Å². The van der Waals surface area contributed by atoms with Crippen molar-refractivity contribution in [2.45, 2.75) is 13.5 Å². The molecule has 3 N–H and O–H groups in total. The van der Waals surface area contributed by atoms with E-state index in [1.165, 1.54) is 32.2 Å². The molecule has 184 valence electrons. The van der Waals surface area contributed by atoms with E-state index in [4.69, 9.17) is 19.9 Å². The van der Waals surface area contributed by atoms with Crippen molar-refractivity contribution in [3.63, 3.8) is 0 Å². The Labute approximate surface area is 205 Å². The number of carboxylic acids is 1. The van der Waals surface area contributed by atoms with Crippen molar-refractivity contribution < 1.29 is 32.9 Å². The molecule has 1 heterocycles. The number of carboxylic acid groups (broad SMARTS) is 1. The molecule has 4 rings (SSSR count). The van der Waals surface area contributed by atoms with Crippen LogP contribution in [0.1, 0.15) is 21.5 Å². The second-order valence-corrected chi connectivity index (χ2v) is 7.75. The number of nitrogens with two attached hydrogens (primary N) is 1. The summed E-state index contributed by atoms with van der Waals surface area (Å²) in [5, 5.41) is 9.49. The summed E-state index contributed by atoms with van der Waals surface area (Å²) in [6.45, 7) is 1.58. The van der Waals surface area contributed by atoms with E-state index in [1.807, 2.05) is 30.3 Å². The Balaban J connectivity index is 1.72. The number of ether oxygens (including phenoxy) is 3. The maximum absolute atomic E-state index is 14.9. The molecule has 0 aliphatic carbocycles. The topological polar surface area (TPSA) is 104 Å². The van der Waals surface area contributed by atoms with Crippen LogP contribution in [0.2, 0.25) is 0 Å². The standard InChI is InChI=1S/C27H22F2N2O5/c1-15-22(28)25(35-19-9-4-8-18(13-19)17-7-3-6-16(12-17)14-30)31-26(23(15)29)36-24-20(27(32)33)10-5-11-21(24)34-2/h3-13H,14,30H2,1-2H3,(H,32,33). The number of rotatable bonds is 8. The Hall–Kier alpha value is -4.50. The van der Waals surface area contributed by atoms with Gasteiger partial charge in [-0.05, 0) is 53.9 Å². The third-order valence-corrected chi connectivity index (χ3v) is 5.41. The van der Waals surface area contributed by atoms with Crippen LogP contribution in [0.25, 0.3) is 11.1 Å². The Kier molecular flexibility index (Phi) is 7.12. The summed E-state index contributed by atoms with van der Waals surface area (Å²) in [4.78, 5) is 15.5. The van der Waals surface area contributed by atoms with Gasteiger partial charge in [-0.1, -0.05) is 36.4 Å². The lowest BCUT2D eigenvalue weighted by molar-refractivity contribution is 0.0693. The van der Waals surface area contributed by atoms with Gasteiger partial charge in [0.15, 0.2) is 23.1 Å². The smallest absolute Gasteiger partial charge is 0.339 e. The van der Waals surface area contributed by atoms with Gasteiger partial charge in [-0.15, -0.1) is 0 Å². The Morgan fingerprint density at radius 3 is 2.25 bits per heavy atom. The van der Waals surface area contributed by atoms with Crippen LogP contribution >= 0.6 is 0 Å². The number of nitrogens with zero attached hydrogens (tertiary/aromatic N) is 1. The van der Waals surface area contributed by atoms with E-state index in [0.29, 0.717) is 6.54 Å². The minimum Gasteiger partial charge on any atom is -0.493 e. The second kappa shape index (κ2) is 10.4. The highest BCUT2D eigenvalue weighted by Gasteiger charge is 2.24. The molecule has 0 amide bonds. The molecular weight excluding hydrogens is 470 g/mol. The molecule has 0 atom stereocenters. The molecular formula is C27H22F2N2O5. The average molecular weight is 492 g/mol. The van der Waals surface area contributed by atoms with Crippen LogP contribution in [-0.2, 0) is 6.54 Å². The van der Waals surface area contributed by atoms with E-state index in [0.717, 1.165) is 16.7 Å². The van der Waals surface area contributed by atoms with E-state index < -0.39 is 34.9 Å². The molecule has 0 bridgehead atoms. The minimum absolute atomic E-state index is 0.0351. The van der Waals surface area contributed by atoms with E-state index in [2.05, 4.69) is 4.98 Å². The molecule has 0 saturated carbocycles. The van der Waals surface area contributed by atoms with Crippen LogP contribution in [0.3, 0.4) is 0 Å². The molecule has 0 radical (unpaired) electrons. The number of aromatic nitrogens is 1. The molecule has 0 aliphatic heterocycles. The number of methoxy groups -OCH3 is 1. The fourth-order valence-corrected chi connectivity index (χ4v) is 3.52. The number of hydrogen-bond donors (Lipinski definition) is 2. The van der Waals surface area contributed by atoms with Crippen molar-refractivity contribution in [2.24, 2.45) is 5.73 Å². The maximum atomic E-state index is 14.9. The van der Waals surface area contributed by atoms with E-state index in [-0.39, 0.29) is 22.8 Å². The van der Waals surface area contributed by atoms with Gasteiger partial charge >= 0.3 is 5.97 Å². The van der Waals surface area contributed by atoms with Gasteiger partial charge in [0.05, 0.1) is 7.11 Å². The van der Waals surface area contributed by atoms with Gasteiger partial charge in [-0.3, -0.25) is 0 Å². The summed E-state index contributed by atoms with van der Waals surface area (Å²) in [6, 6.07) is 18.6. The van der Waals surface area contributed by atoms with E-state index in [9.17, 15) is 18.7 Å². The molecule has 0 unspecified atom stereocenters. The number of para-hydroxylation sites is 1. The van der Waals surface area contributed by atoms with Gasteiger partial charge in [0.2, 0.25) is 0 Å². The van der Waals surface area contributed by atoms with Crippen molar-refractivity contribution in [1.29, 1.82) is 0 Å². The molecule has 0 aliphatic rings. The van der Waals surface area contributed by atoms with E-state index in [1.54, 1.807) is 18.2 Å². The lowest BCUT2D eigenvalue weighted by atomic mass is 10.0. The molecule has 3 aromatic carbocycles. The predicted octanol–water partition coefficient (Wildman–Crippen LogP) is 6.09. The number of halogens is 2. The first kappa shape index (κ1) is 24.6. The zero-order valence-corrected chi connectivity index (χ0v) is 19.4. The highest BCUT2D eigenvalue weighted by atomic mass is 19.1. The zero-order chi connectivity index (χ0) is 25.8. The Bertz CT molecular complexity index is 1440. The number of pyridine rings is 1. The van der Waals surface area contributed by atoms with Crippen LogP contribution < -0.4 is 19.9 Å². The summed E-state index contributed by atoms with van der Waals surface area (Å²) in [6.07, 6.45) is 0. The van der Waals surface area contributed by atoms with Gasteiger partial charge in [0.1, 0.15) is 11.3 Å². The first-order valence-electron chi connectivity index (χ1n) is 10.8. The lowest BCUT2D eigenvalue weighted by Crippen LogP contribution is -2.06. The highest BCUT2D eigenvalue weighted by Crippen LogP contribution is 2.38. The summed E-state index contributed by atoms with van der Waals surface area (Å²) in [5.74, 6) is -4.65.